The van der Waals surface area contributed by atoms with Gasteiger partial charge < -0.3 is 0 Å². The van der Waals surface area contributed by atoms with E-state index in [4.69, 9.17) is 0 Å². The second-order valence-electron chi connectivity index (χ2n) is 4.55. The number of allylic oxidation sites excluding steroid dienone is 3. The summed E-state index contributed by atoms with van der Waals surface area (Å²) in [4.78, 5) is 0. The molecule has 86 valence electrons. The van der Waals surface area contributed by atoms with E-state index in [1.54, 1.807) is 0 Å². The van der Waals surface area contributed by atoms with E-state index in [-0.39, 0.29) is 0 Å². The summed E-state index contributed by atoms with van der Waals surface area (Å²) in [5, 5.41) is 0. The average Bonchev–Trinajstić information content (AvgIpc) is 2.27. The third kappa shape index (κ3) is 4.97. The van der Waals surface area contributed by atoms with E-state index in [9.17, 15) is 0 Å². The first kappa shape index (κ1) is 12.8. The zero-order chi connectivity index (χ0) is 11.8. The molecule has 0 radical (unpaired) electrons. The molecule has 0 heteroatoms. The Kier molecular flexibility index (Phi) is 5.63. The van der Waals surface area contributed by atoms with Gasteiger partial charge in [0.05, 0.1) is 0 Å². The molecule has 0 fully saturated rings. The summed E-state index contributed by atoms with van der Waals surface area (Å²) >= 11 is 0. The van der Waals surface area contributed by atoms with Crippen LogP contribution in [0.25, 0.3) is 0 Å². The minimum absolute atomic E-state index is 0.641. The number of hydrogen-bond acceptors (Lipinski definition) is 0. The maximum atomic E-state index is 3.83. The summed E-state index contributed by atoms with van der Waals surface area (Å²) in [5.41, 5.74) is 2.83. The smallest absolute Gasteiger partial charge is 0.0193 e. The van der Waals surface area contributed by atoms with Gasteiger partial charge >= 0.3 is 0 Å². The molecule has 1 atom stereocenters. The van der Waals surface area contributed by atoms with Crippen LogP contribution in [0.1, 0.15) is 32.3 Å². The highest BCUT2D eigenvalue weighted by Gasteiger charge is 2.03. The molecule has 0 spiro atoms. The predicted molar refractivity (Wildman–Crippen MR) is 72.5 cm³/mol. The lowest BCUT2D eigenvalue weighted by molar-refractivity contribution is 0.596. The van der Waals surface area contributed by atoms with Crippen LogP contribution in [0.4, 0.5) is 0 Å². The van der Waals surface area contributed by atoms with Gasteiger partial charge in [0.2, 0.25) is 0 Å². The van der Waals surface area contributed by atoms with Crippen molar-refractivity contribution in [2.45, 2.75) is 33.1 Å². The zero-order valence-electron chi connectivity index (χ0n) is 10.4. The highest BCUT2D eigenvalue weighted by Crippen LogP contribution is 2.16. The first-order chi connectivity index (χ1) is 7.72. The van der Waals surface area contributed by atoms with Crippen LogP contribution in [0, 0.1) is 5.92 Å². The van der Waals surface area contributed by atoms with Gasteiger partial charge in [0.25, 0.3) is 0 Å². The van der Waals surface area contributed by atoms with Crippen LogP contribution in [-0.2, 0) is 6.42 Å². The van der Waals surface area contributed by atoms with Gasteiger partial charge in [0, 0.05) is 0 Å². The van der Waals surface area contributed by atoms with Crippen molar-refractivity contribution in [3.8, 4) is 0 Å². The predicted octanol–water partition coefficient (Wildman–Crippen LogP) is 4.78. The van der Waals surface area contributed by atoms with E-state index < -0.39 is 0 Å². The quantitative estimate of drug-likeness (QED) is 0.598. The molecule has 1 rings (SSSR count). The SMILES string of the molecule is C=CCC(C=C(C)C)CCc1ccccc1. The Labute approximate surface area is 99.7 Å². The zero-order valence-corrected chi connectivity index (χ0v) is 10.4. The van der Waals surface area contributed by atoms with Crippen LogP contribution >= 0.6 is 0 Å². The Balaban J connectivity index is 2.50. The summed E-state index contributed by atoms with van der Waals surface area (Å²) in [6.07, 6.45) is 7.84. The number of hydrogen-bond donors (Lipinski definition) is 0. The van der Waals surface area contributed by atoms with Crippen molar-refractivity contribution in [2.75, 3.05) is 0 Å². The summed E-state index contributed by atoms with van der Waals surface area (Å²) < 4.78 is 0. The molecule has 0 saturated heterocycles. The van der Waals surface area contributed by atoms with Crippen LogP contribution in [0.15, 0.2) is 54.6 Å². The normalized spacial score (nSPS) is 11.9. The fourth-order valence-corrected chi connectivity index (χ4v) is 1.95. The summed E-state index contributed by atoms with van der Waals surface area (Å²) in [6.45, 7) is 8.16. The van der Waals surface area contributed by atoms with E-state index in [0.717, 1.165) is 12.8 Å². The molecule has 0 heterocycles. The molecule has 16 heavy (non-hydrogen) atoms. The van der Waals surface area contributed by atoms with Gasteiger partial charge in [-0.25, -0.2) is 0 Å². The Morgan fingerprint density at radius 3 is 2.50 bits per heavy atom. The topological polar surface area (TPSA) is 0 Å². The molecule has 0 amide bonds. The van der Waals surface area contributed by atoms with Crippen molar-refractivity contribution >= 4 is 0 Å². The third-order valence-electron chi connectivity index (χ3n) is 2.69. The van der Waals surface area contributed by atoms with Gasteiger partial charge in [-0.1, -0.05) is 48.1 Å². The van der Waals surface area contributed by atoms with Crippen LogP contribution in [0.2, 0.25) is 0 Å². The van der Waals surface area contributed by atoms with E-state index in [0.29, 0.717) is 5.92 Å². The molecular weight excluding hydrogens is 192 g/mol. The molecule has 1 unspecified atom stereocenters. The minimum Gasteiger partial charge on any atom is -0.103 e. The maximum Gasteiger partial charge on any atom is -0.0193 e. The summed E-state index contributed by atoms with van der Waals surface area (Å²) in [6, 6.07) is 10.7. The van der Waals surface area contributed by atoms with Gasteiger partial charge in [0.15, 0.2) is 0 Å². The summed E-state index contributed by atoms with van der Waals surface area (Å²) in [5.74, 6) is 0.641. The third-order valence-corrected chi connectivity index (χ3v) is 2.69. The van der Waals surface area contributed by atoms with Crippen molar-refractivity contribution in [1.29, 1.82) is 0 Å². The average molecular weight is 214 g/mol. The van der Waals surface area contributed by atoms with Gasteiger partial charge in [-0.15, -0.1) is 6.58 Å². The molecule has 0 N–H and O–H groups in total. The molecule has 1 aromatic rings. The first-order valence-corrected chi connectivity index (χ1v) is 6.02. The van der Waals surface area contributed by atoms with Crippen molar-refractivity contribution < 1.29 is 0 Å². The van der Waals surface area contributed by atoms with E-state index >= 15 is 0 Å². The fraction of sp³-hybridized carbons (Fsp3) is 0.375. The molecule has 0 aliphatic heterocycles. The van der Waals surface area contributed by atoms with Gasteiger partial charge in [-0.05, 0) is 44.6 Å². The molecule has 0 bridgehead atoms. The molecule has 1 aromatic carbocycles. The number of benzene rings is 1. The lowest BCUT2D eigenvalue weighted by Gasteiger charge is -2.11. The molecule has 0 aliphatic rings. The van der Waals surface area contributed by atoms with Crippen LogP contribution in [-0.4, -0.2) is 0 Å². The second kappa shape index (κ2) is 7.05. The molecule has 0 nitrogen and oxygen atoms in total. The van der Waals surface area contributed by atoms with E-state index in [2.05, 4.69) is 56.8 Å². The molecule has 0 aliphatic carbocycles. The first-order valence-electron chi connectivity index (χ1n) is 6.02. The minimum atomic E-state index is 0.641. The molecular formula is C16H22. The molecule has 0 aromatic heterocycles. The maximum absolute atomic E-state index is 3.83. The van der Waals surface area contributed by atoms with Crippen molar-refractivity contribution in [1.82, 2.24) is 0 Å². The second-order valence-corrected chi connectivity index (χ2v) is 4.55. The van der Waals surface area contributed by atoms with Crippen molar-refractivity contribution in [3.63, 3.8) is 0 Å². The summed E-state index contributed by atoms with van der Waals surface area (Å²) in [7, 11) is 0. The monoisotopic (exact) mass is 214 g/mol. The van der Waals surface area contributed by atoms with E-state index in [1.807, 2.05) is 6.08 Å². The van der Waals surface area contributed by atoms with Gasteiger partial charge in [0.1, 0.15) is 0 Å². The van der Waals surface area contributed by atoms with Crippen molar-refractivity contribution in [3.05, 3.63) is 60.2 Å². The fourth-order valence-electron chi connectivity index (χ4n) is 1.95. The number of aryl methyl sites for hydroxylation is 1. The Bertz CT molecular complexity index is 328. The lowest BCUT2D eigenvalue weighted by atomic mass is 9.95. The highest BCUT2D eigenvalue weighted by atomic mass is 14.1. The Hall–Kier alpha value is -1.30. The molecule has 0 saturated carbocycles. The lowest BCUT2D eigenvalue weighted by Crippen LogP contribution is -1.98. The van der Waals surface area contributed by atoms with Gasteiger partial charge in [-0.2, -0.15) is 0 Å². The number of rotatable bonds is 6. The highest BCUT2D eigenvalue weighted by molar-refractivity contribution is 5.15. The largest absolute Gasteiger partial charge is 0.103 e. The Morgan fingerprint density at radius 1 is 1.25 bits per heavy atom. The van der Waals surface area contributed by atoms with Crippen LogP contribution in [0.3, 0.4) is 0 Å². The van der Waals surface area contributed by atoms with E-state index in [1.165, 1.54) is 17.6 Å². The van der Waals surface area contributed by atoms with Crippen LogP contribution in [0.5, 0.6) is 0 Å². The van der Waals surface area contributed by atoms with Crippen LogP contribution < -0.4 is 0 Å². The van der Waals surface area contributed by atoms with Crippen molar-refractivity contribution in [2.24, 2.45) is 5.92 Å². The van der Waals surface area contributed by atoms with Gasteiger partial charge in [-0.3, -0.25) is 0 Å². The standard InChI is InChI=1S/C16H22/c1-4-8-16(13-14(2)3)12-11-15-9-6-5-7-10-15/h4-7,9-10,13,16H,1,8,11-12H2,2-3H3. The Morgan fingerprint density at radius 2 is 1.94 bits per heavy atom.